The molecule has 2 amide bonds. The smallest absolute Gasteiger partial charge is 0.335 e. The summed E-state index contributed by atoms with van der Waals surface area (Å²) in [5.74, 6) is -4.08. The van der Waals surface area contributed by atoms with Crippen LogP contribution in [-0.2, 0) is 33.1 Å². The van der Waals surface area contributed by atoms with Gasteiger partial charge in [0, 0.05) is 36.5 Å². The number of amides is 2. The van der Waals surface area contributed by atoms with Crippen molar-refractivity contribution in [3.8, 4) is 5.69 Å². The molecule has 0 saturated heterocycles. The van der Waals surface area contributed by atoms with E-state index in [1.54, 1.807) is 20.8 Å². The molecule has 4 rings (SSSR count). The molecule has 16 heteroatoms. The minimum absolute atomic E-state index is 0.177. The van der Waals surface area contributed by atoms with Crippen molar-refractivity contribution in [3.05, 3.63) is 117 Å². The molecule has 3 aromatic carbocycles. The van der Waals surface area contributed by atoms with E-state index < -0.39 is 67.2 Å². The van der Waals surface area contributed by atoms with Crippen LogP contribution >= 0.6 is 0 Å². The predicted molar refractivity (Wildman–Crippen MR) is 175 cm³/mol. The molecule has 0 unspecified atom stereocenters. The molecule has 0 spiro atoms. The summed E-state index contributed by atoms with van der Waals surface area (Å²) >= 11 is 0. The number of carbonyl (C=O) groups excluding carboxylic acids is 3. The van der Waals surface area contributed by atoms with Gasteiger partial charge in [-0.15, -0.1) is 0 Å². The Morgan fingerprint density at radius 3 is 2.12 bits per heavy atom. The third-order valence-electron chi connectivity index (χ3n) is 7.09. The minimum atomic E-state index is -4.42. The molecule has 12 nitrogen and oxygen atoms in total. The molecule has 1 atom stereocenters. The Hall–Kier alpha value is -5.38. The predicted octanol–water partition coefficient (Wildman–Crippen LogP) is 2.64. The Morgan fingerprint density at radius 2 is 1.54 bits per heavy atom. The number of benzene rings is 3. The first kappa shape index (κ1) is 35.5. The average molecular weight is 677 g/mol. The van der Waals surface area contributed by atoms with E-state index >= 15 is 4.39 Å². The van der Waals surface area contributed by atoms with Crippen molar-refractivity contribution < 1.29 is 31.6 Å². The normalized spacial score (nSPS) is 12.2. The zero-order chi connectivity index (χ0) is 35.6. The molecule has 4 aromatic rings. The molecule has 0 aliphatic carbocycles. The lowest BCUT2D eigenvalue weighted by Crippen LogP contribution is -2.43. The first-order valence-electron chi connectivity index (χ1n) is 14.3. The number of carbonyl (C=O) groups is 3. The van der Waals surface area contributed by atoms with Gasteiger partial charge in [-0.1, -0.05) is 32.9 Å². The summed E-state index contributed by atoms with van der Waals surface area (Å²) in [5.41, 5.74) is -3.41. The van der Waals surface area contributed by atoms with E-state index in [1.807, 2.05) is 4.72 Å². The SMILES string of the molecule is [B]C(=O)[C@H](Cc1ccc(-n2c(=O)ccn(C)c2=O)cc1)NC(=O)c1cc(F)c(NS(=O)(=O)c2ccc(NC(=O)C(C)(C)C)cc2)cc1F. The molecule has 48 heavy (non-hydrogen) atoms. The van der Waals surface area contributed by atoms with E-state index in [4.69, 9.17) is 7.85 Å². The second-order valence-electron chi connectivity index (χ2n) is 11.8. The summed E-state index contributed by atoms with van der Waals surface area (Å²) in [6.45, 7) is 5.11. The van der Waals surface area contributed by atoms with Gasteiger partial charge < -0.3 is 20.0 Å². The van der Waals surface area contributed by atoms with Crippen LogP contribution in [-0.4, -0.2) is 48.9 Å². The highest BCUT2D eigenvalue weighted by Crippen LogP contribution is 2.25. The standard InChI is InChI=1S/C32H30BF2N5O7S/c1-32(2,3)30(44)36-19-7-11-21(12-8-19)48(46,47)38-25-17-23(34)22(16-24(25)35)29(43)37-26(28(33)42)15-18-5-9-20(10-6-18)40-27(41)13-14-39(4)31(40)45/h5-14,16-17,26,38H,15H2,1-4H3,(H,36,44)(H,37,43)/t26-/m0/s1. The van der Waals surface area contributed by atoms with E-state index in [9.17, 15) is 36.8 Å². The Morgan fingerprint density at radius 1 is 0.917 bits per heavy atom. The van der Waals surface area contributed by atoms with Crippen LogP contribution in [0.3, 0.4) is 0 Å². The lowest BCUT2D eigenvalue weighted by atomic mass is 9.90. The Bertz CT molecular complexity index is 2130. The first-order valence-corrected chi connectivity index (χ1v) is 15.8. The topological polar surface area (TPSA) is 165 Å². The number of rotatable bonds is 10. The molecular formula is C32H30BF2N5O7S. The van der Waals surface area contributed by atoms with Gasteiger partial charge in [-0.05, 0) is 54.4 Å². The monoisotopic (exact) mass is 677 g/mol. The van der Waals surface area contributed by atoms with Gasteiger partial charge in [-0.3, -0.25) is 19.1 Å². The van der Waals surface area contributed by atoms with Crippen LogP contribution < -0.4 is 26.6 Å². The zero-order valence-electron chi connectivity index (χ0n) is 26.2. The van der Waals surface area contributed by atoms with Crippen molar-refractivity contribution in [2.24, 2.45) is 12.5 Å². The second kappa shape index (κ2) is 13.8. The fourth-order valence-electron chi connectivity index (χ4n) is 4.32. The number of nitrogens with zero attached hydrogens (tertiary/aromatic N) is 2. The van der Waals surface area contributed by atoms with E-state index in [0.717, 1.165) is 16.7 Å². The van der Waals surface area contributed by atoms with Gasteiger partial charge in [0.2, 0.25) is 5.91 Å². The van der Waals surface area contributed by atoms with E-state index in [1.165, 1.54) is 60.3 Å². The fraction of sp³-hybridized carbons (Fsp3) is 0.219. The van der Waals surface area contributed by atoms with E-state index in [-0.39, 0.29) is 22.9 Å². The quantitative estimate of drug-likeness (QED) is 0.217. The van der Waals surface area contributed by atoms with Crippen LogP contribution in [0.4, 0.5) is 20.2 Å². The van der Waals surface area contributed by atoms with Gasteiger partial charge in [-0.2, -0.15) is 0 Å². The fourth-order valence-corrected chi connectivity index (χ4v) is 5.38. The maximum atomic E-state index is 15.0. The molecule has 0 fully saturated rings. The molecule has 0 saturated carbocycles. The number of hydrogen-bond donors (Lipinski definition) is 3. The molecule has 0 aliphatic heterocycles. The first-order chi connectivity index (χ1) is 22.4. The van der Waals surface area contributed by atoms with Crippen molar-refractivity contribution >= 4 is 46.7 Å². The third kappa shape index (κ3) is 8.12. The van der Waals surface area contributed by atoms with Crippen LogP contribution in [0, 0.1) is 17.0 Å². The molecule has 3 N–H and O–H groups in total. The van der Waals surface area contributed by atoms with Crippen LogP contribution in [0.1, 0.15) is 36.7 Å². The summed E-state index contributed by atoms with van der Waals surface area (Å²) in [4.78, 5) is 61.5. The Labute approximate surface area is 275 Å². The summed E-state index contributed by atoms with van der Waals surface area (Å²) in [6, 6.07) is 11.7. The van der Waals surface area contributed by atoms with E-state index in [0.29, 0.717) is 23.4 Å². The number of sulfonamides is 1. The lowest BCUT2D eigenvalue weighted by Gasteiger charge is -2.18. The van der Waals surface area contributed by atoms with Gasteiger partial charge >= 0.3 is 5.69 Å². The van der Waals surface area contributed by atoms with Gasteiger partial charge in [0.15, 0.2) is 7.85 Å². The van der Waals surface area contributed by atoms with Crippen molar-refractivity contribution in [2.45, 2.75) is 38.1 Å². The number of aryl methyl sites for hydroxylation is 1. The molecule has 0 bridgehead atoms. The number of aromatic nitrogens is 2. The molecule has 1 heterocycles. The van der Waals surface area contributed by atoms with Crippen molar-refractivity contribution in [1.29, 1.82) is 0 Å². The number of nitrogens with one attached hydrogen (secondary N) is 3. The lowest BCUT2D eigenvalue weighted by molar-refractivity contribution is -0.123. The molecule has 0 aliphatic rings. The van der Waals surface area contributed by atoms with E-state index in [2.05, 4.69) is 10.6 Å². The second-order valence-corrected chi connectivity index (χ2v) is 13.5. The summed E-state index contributed by atoms with van der Waals surface area (Å²) < 4.78 is 59.9. The van der Waals surface area contributed by atoms with Gasteiger partial charge in [0.05, 0.1) is 33.6 Å². The highest BCUT2D eigenvalue weighted by Gasteiger charge is 2.25. The average Bonchev–Trinajstić information content (AvgIpc) is 3.01. The summed E-state index contributed by atoms with van der Waals surface area (Å²) in [6.07, 6.45) is 1.15. The Balaban J connectivity index is 1.47. The molecule has 248 valence electrons. The Kier molecular flexibility index (Phi) is 10.2. The van der Waals surface area contributed by atoms with Crippen molar-refractivity contribution in [3.63, 3.8) is 0 Å². The van der Waals surface area contributed by atoms with Gasteiger partial charge in [0.25, 0.3) is 21.5 Å². The van der Waals surface area contributed by atoms with Gasteiger partial charge in [-0.25, -0.2) is 26.6 Å². The number of hydrogen-bond acceptors (Lipinski definition) is 7. The number of halogens is 2. The largest absolute Gasteiger partial charge is 0.343 e. The highest BCUT2D eigenvalue weighted by molar-refractivity contribution is 7.92. The highest BCUT2D eigenvalue weighted by atomic mass is 32.2. The maximum Gasteiger partial charge on any atom is 0.335 e. The minimum Gasteiger partial charge on any atom is -0.343 e. The van der Waals surface area contributed by atoms with Crippen LogP contribution in [0.5, 0.6) is 0 Å². The van der Waals surface area contributed by atoms with Crippen LogP contribution in [0.2, 0.25) is 0 Å². The van der Waals surface area contributed by atoms with Crippen molar-refractivity contribution in [2.75, 3.05) is 10.0 Å². The maximum absolute atomic E-state index is 15.0. The number of anilines is 2. The van der Waals surface area contributed by atoms with Crippen molar-refractivity contribution in [1.82, 2.24) is 14.5 Å². The third-order valence-corrected chi connectivity index (χ3v) is 8.47. The summed E-state index contributed by atoms with van der Waals surface area (Å²) in [7, 11) is 2.51. The molecular weight excluding hydrogens is 647 g/mol. The zero-order valence-corrected chi connectivity index (χ0v) is 27.0. The van der Waals surface area contributed by atoms with Crippen LogP contribution in [0.25, 0.3) is 5.69 Å². The van der Waals surface area contributed by atoms with Crippen LogP contribution in [0.15, 0.2) is 87.4 Å². The van der Waals surface area contributed by atoms with Gasteiger partial charge in [0.1, 0.15) is 11.6 Å². The molecule has 1 aromatic heterocycles. The summed E-state index contributed by atoms with van der Waals surface area (Å²) in [5, 5.41) is 4.88. The molecule has 2 radical (unpaired) electrons.